The monoisotopic (exact) mass is 406 g/mol. The molecule has 2 aliphatic rings. The molecule has 0 N–H and O–H groups in total. The van der Waals surface area contributed by atoms with Gasteiger partial charge in [-0.2, -0.15) is 0 Å². The first-order valence-corrected chi connectivity index (χ1v) is 9.13. The van der Waals surface area contributed by atoms with Crippen molar-refractivity contribution in [3.63, 3.8) is 0 Å². The van der Waals surface area contributed by atoms with Crippen LogP contribution in [0.15, 0.2) is 14.3 Å². The van der Waals surface area contributed by atoms with E-state index in [9.17, 15) is 4.79 Å². The Morgan fingerprint density at radius 2 is 2.11 bits per heavy atom. The predicted molar refractivity (Wildman–Crippen MR) is 83.9 cm³/mol. The Morgan fingerprint density at radius 3 is 2.74 bits per heavy atom. The van der Waals surface area contributed by atoms with Gasteiger partial charge in [0.25, 0.3) is 0 Å². The van der Waals surface area contributed by atoms with Gasteiger partial charge in [-0.1, -0.05) is 12.8 Å². The van der Waals surface area contributed by atoms with Gasteiger partial charge in [-0.25, -0.2) is 0 Å². The van der Waals surface area contributed by atoms with Crippen LogP contribution in [0, 0.1) is 5.92 Å². The molecule has 0 aromatic carbocycles. The number of halogens is 2. The quantitative estimate of drug-likeness (QED) is 0.630. The average molecular weight is 408 g/mol. The van der Waals surface area contributed by atoms with E-state index >= 15 is 0 Å². The van der Waals surface area contributed by atoms with E-state index < -0.39 is 0 Å². The van der Waals surface area contributed by atoms with Crippen molar-refractivity contribution in [3.8, 4) is 0 Å². The lowest BCUT2D eigenvalue weighted by molar-refractivity contribution is -0.0865. The fourth-order valence-corrected chi connectivity index (χ4v) is 5.34. The maximum Gasteiger partial charge on any atom is 0.176 e. The van der Waals surface area contributed by atoms with Crippen molar-refractivity contribution in [1.29, 1.82) is 0 Å². The number of rotatable bonds is 2. The molecule has 5 heteroatoms. The molecule has 2 fully saturated rings. The Bertz CT molecular complexity index is 472. The van der Waals surface area contributed by atoms with Crippen LogP contribution in [0.3, 0.4) is 0 Å². The van der Waals surface area contributed by atoms with Crippen LogP contribution in [0.2, 0.25) is 0 Å². The molecule has 2 heterocycles. The minimum absolute atomic E-state index is 0.0182. The topological polar surface area (TPSA) is 26.3 Å². The number of hydrogen-bond acceptors (Lipinski definition) is 3. The number of carbonyl (C=O) groups is 1. The third-order valence-corrected chi connectivity index (χ3v) is 7.54. The SMILES string of the molecule is O=C(c1cc(Br)c(Br)s1)C1CCOC2(CCCC2)C1. The van der Waals surface area contributed by atoms with Gasteiger partial charge in [0, 0.05) is 17.0 Å². The van der Waals surface area contributed by atoms with Gasteiger partial charge in [0.1, 0.15) is 0 Å². The summed E-state index contributed by atoms with van der Waals surface area (Å²) in [6.45, 7) is 0.740. The lowest BCUT2D eigenvalue weighted by Crippen LogP contribution is -2.39. The van der Waals surface area contributed by atoms with Crippen molar-refractivity contribution < 1.29 is 9.53 Å². The average Bonchev–Trinajstić information content (AvgIpc) is 2.97. The molecule has 0 amide bonds. The largest absolute Gasteiger partial charge is 0.375 e. The third kappa shape index (κ3) is 2.85. The predicted octanol–water partition coefficient (Wildman–Crippen LogP) is 5.20. The van der Waals surface area contributed by atoms with Crippen LogP contribution in [0.5, 0.6) is 0 Å². The van der Waals surface area contributed by atoms with E-state index in [4.69, 9.17) is 4.74 Å². The number of hydrogen-bond donors (Lipinski definition) is 0. The minimum atomic E-state index is 0.0182. The highest BCUT2D eigenvalue weighted by Crippen LogP contribution is 2.43. The molecule has 2 nitrogen and oxygen atoms in total. The highest BCUT2D eigenvalue weighted by atomic mass is 79.9. The summed E-state index contributed by atoms with van der Waals surface area (Å²) in [5.41, 5.74) is 0.0182. The lowest BCUT2D eigenvalue weighted by Gasteiger charge is -2.37. The van der Waals surface area contributed by atoms with Gasteiger partial charge >= 0.3 is 0 Å². The Hall–Kier alpha value is 0.290. The first kappa shape index (κ1) is 14.2. The number of ether oxygens (including phenoxy) is 1. The van der Waals surface area contributed by atoms with Crippen molar-refractivity contribution >= 4 is 49.0 Å². The molecule has 104 valence electrons. The highest BCUT2D eigenvalue weighted by molar-refractivity contribution is 9.13. The molecule has 1 unspecified atom stereocenters. The number of carbonyl (C=O) groups excluding carboxylic acids is 1. The second kappa shape index (κ2) is 5.58. The molecule has 1 saturated carbocycles. The van der Waals surface area contributed by atoms with Gasteiger partial charge < -0.3 is 4.74 Å². The lowest BCUT2D eigenvalue weighted by atomic mass is 9.82. The van der Waals surface area contributed by atoms with E-state index in [1.165, 1.54) is 24.2 Å². The molecule has 0 bridgehead atoms. The van der Waals surface area contributed by atoms with Gasteiger partial charge in [0.05, 0.1) is 14.3 Å². The summed E-state index contributed by atoms with van der Waals surface area (Å²) < 4.78 is 7.98. The van der Waals surface area contributed by atoms with Gasteiger partial charge in [-0.05, 0) is 63.6 Å². The maximum atomic E-state index is 12.6. The first-order valence-electron chi connectivity index (χ1n) is 6.73. The normalized spacial score (nSPS) is 25.9. The van der Waals surface area contributed by atoms with Crippen LogP contribution >= 0.6 is 43.2 Å². The molecule has 1 aromatic heterocycles. The first-order chi connectivity index (χ1) is 9.10. The Labute approximate surface area is 134 Å². The molecule has 1 atom stereocenters. The van der Waals surface area contributed by atoms with Gasteiger partial charge in [-0.15, -0.1) is 11.3 Å². The zero-order valence-corrected chi connectivity index (χ0v) is 14.6. The van der Waals surface area contributed by atoms with E-state index in [0.29, 0.717) is 5.78 Å². The molecule has 1 aliphatic heterocycles. The number of ketones is 1. The Kier molecular flexibility index (Phi) is 4.18. The van der Waals surface area contributed by atoms with Crippen LogP contribution in [0.1, 0.15) is 48.2 Å². The molecule has 1 aromatic rings. The molecule has 19 heavy (non-hydrogen) atoms. The summed E-state index contributed by atoms with van der Waals surface area (Å²) in [7, 11) is 0. The second-order valence-electron chi connectivity index (χ2n) is 5.52. The van der Waals surface area contributed by atoms with Gasteiger partial charge in [0.15, 0.2) is 5.78 Å². The minimum Gasteiger partial charge on any atom is -0.375 e. The van der Waals surface area contributed by atoms with E-state index in [1.54, 1.807) is 0 Å². The maximum absolute atomic E-state index is 12.6. The zero-order valence-electron chi connectivity index (χ0n) is 10.6. The van der Waals surface area contributed by atoms with Crippen LogP contribution in [0.25, 0.3) is 0 Å². The van der Waals surface area contributed by atoms with E-state index in [2.05, 4.69) is 31.9 Å². The van der Waals surface area contributed by atoms with Crippen LogP contribution in [-0.2, 0) is 4.74 Å². The van der Waals surface area contributed by atoms with Crippen molar-refractivity contribution in [2.75, 3.05) is 6.61 Å². The van der Waals surface area contributed by atoms with Crippen molar-refractivity contribution in [1.82, 2.24) is 0 Å². The van der Waals surface area contributed by atoms with Crippen LogP contribution in [0.4, 0.5) is 0 Å². The van der Waals surface area contributed by atoms with Crippen molar-refractivity contribution in [3.05, 3.63) is 19.2 Å². The molecule has 0 radical (unpaired) electrons. The molecular weight excluding hydrogens is 392 g/mol. The standard InChI is InChI=1S/C14H16Br2O2S/c15-10-7-11(19-13(10)16)12(17)9-3-6-18-14(8-9)4-1-2-5-14/h7,9H,1-6,8H2. The summed E-state index contributed by atoms with van der Waals surface area (Å²) in [4.78, 5) is 13.5. The Morgan fingerprint density at radius 1 is 1.37 bits per heavy atom. The fraction of sp³-hybridized carbons (Fsp3) is 0.643. The summed E-state index contributed by atoms with van der Waals surface area (Å²) in [5, 5.41) is 0. The molecular formula is C14H16Br2O2S. The highest BCUT2D eigenvalue weighted by Gasteiger charge is 2.42. The summed E-state index contributed by atoms with van der Waals surface area (Å²) in [5.74, 6) is 0.440. The van der Waals surface area contributed by atoms with Gasteiger partial charge in [0.2, 0.25) is 0 Å². The third-order valence-electron chi connectivity index (χ3n) is 4.27. The summed E-state index contributed by atoms with van der Waals surface area (Å²) in [6, 6.07) is 1.94. The van der Waals surface area contributed by atoms with Crippen molar-refractivity contribution in [2.45, 2.75) is 44.1 Å². The molecule has 1 spiro atoms. The van der Waals surface area contributed by atoms with Crippen molar-refractivity contribution in [2.24, 2.45) is 5.92 Å². The molecule has 1 saturated heterocycles. The molecule has 3 rings (SSSR count). The van der Waals surface area contributed by atoms with E-state index in [0.717, 1.165) is 45.4 Å². The van der Waals surface area contributed by atoms with Crippen LogP contribution < -0.4 is 0 Å². The summed E-state index contributed by atoms with van der Waals surface area (Å²) in [6.07, 6.45) is 6.55. The van der Waals surface area contributed by atoms with Gasteiger partial charge in [-0.3, -0.25) is 4.79 Å². The smallest absolute Gasteiger partial charge is 0.176 e. The Balaban J connectivity index is 1.76. The summed E-state index contributed by atoms with van der Waals surface area (Å²) >= 11 is 8.44. The number of thiophene rings is 1. The van der Waals surface area contributed by atoms with Crippen LogP contribution in [-0.4, -0.2) is 18.0 Å². The van der Waals surface area contributed by atoms with E-state index in [-0.39, 0.29) is 11.5 Å². The fourth-order valence-electron chi connectivity index (χ4n) is 3.29. The molecule has 1 aliphatic carbocycles. The van der Waals surface area contributed by atoms with E-state index in [1.807, 2.05) is 6.07 Å². The number of Topliss-reactive ketones (excluding diaryl/α,β-unsaturated/α-hetero) is 1. The zero-order chi connectivity index (χ0) is 13.5. The second-order valence-corrected chi connectivity index (χ2v) is 8.75.